The van der Waals surface area contributed by atoms with E-state index in [4.69, 9.17) is 5.73 Å². The van der Waals surface area contributed by atoms with E-state index in [-0.39, 0.29) is 5.82 Å². The zero-order chi connectivity index (χ0) is 11.9. The van der Waals surface area contributed by atoms with Crippen molar-refractivity contribution in [2.45, 2.75) is 20.3 Å². The minimum absolute atomic E-state index is 0.321. The third kappa shape index (κ3) is 1.57. The van der Waals surface area contributed by atoms with Crippen molar-refractivity contribution in [3.05, 3.63) is 33.7 Å². The molecule has 0 saturated carbocycles. The Labute approximate surface area is 102 Å². The molecule has 1 heterocycles. The standard InChI is InChI=1S/C12H12BrFN2/c1-3-7-6(2)16-12-8(13)4-5-9(14)10(12)11(7)15/h4-5H,3H2,1-2H3,(H2,15,16). The molecule has 84 valence electrons. The predicted molar refractivity (Wildman–Crippen MR) is 67.9 cm³/mol. The maximum absolute atomic E-state index is 13.7. The number of aryl methyl sites for hydroxylation is 1. The lowest BCUT2D eigenvalue weighted by Gasteiger charge is -2.11. The Balaban J connectivity index is 2.98. The number of nitrogens with two attached hydrogens (primary N) is 1. The first-order valence-electron chi connectivity index (χ1n) is 5.09. The van der Waals surface area contributed by atoms with Crippen LogP contribution in [0.5, 0.6) is 0 Å². The van der Waals surface area contributed by atoms with Crippen LogP contribution in [0.1, 0.15) is 18.2 Å². The minimum Gasteiger partial charge on any atom is -0.398 e. The topological polar surface area (TPSA) is 38.9 Å². The molecule has 2 aromatic rings. The van der Waals surface area contributed by atoms with Gasteiger partial charge in [-0.2, -0.15) is 0 Å². The molecule has 2 N–H and O–H groups in total. The van der Waals surface area contributed by atoms with E-state index in [0.29, 0.717) is 16.6 Å². The van der Waals surface area contributed by atoms with Gasteiger partial charge >= 0.3 is 0 Å². The largest absolute Gasteiger partial charge is 0.398 e. The summed E-state index contributed by atoms with van der Waals surface area (Å²) in [6, 6.07) is 3.05. The van der Waals surface area contributed by atoms with Crippen molar-refractivity contribution in [3.63, 3.8) is 0 Å². The van der Waals surface area contributed by atoms with Gasteiger partial charge in [0.2, 0.25) is 0 Å². The second-order valence-electron chi connectivity index (χ2n) is 3.70. The minimum atomic E-state index is -0.321. The van der Waals surface area contributed by atoms with Gasteiger partial charge in [0.05, 0.1) is 10.9 Å². The van der Waals surface area contributed by atoms with Crippen LogP contribution in [-0.4, -0.2) is 4.98 Å². The molecule has 0 aliphatic rings. The summed E-state index contributed by atoms with van der Waals surface area (Å²) in [4.78, 5) is 4.40. The Bertz CT molecular complexity index is 567. The summed E-state index contributed by atoms with van der Waals surface area (Å²) in [6.07, 6.45) is 0.757. The van der Waals surface area contributed by atoms with Crippen LogP contribution in [0, 0.1) is 12.7 Å². The van der Waals surface area contributed by atoms with Crippen molar-refractivity contribution < 1.29 is 4.39 Å². The van der Waals surface area contributed by atoms with Crippen LogP contribution in [0.2, 0.25) is 0 Å². The fraction of sp³-hybridized carbons (Fsp3) is 0.250. The molecule has 16 heavy (non-hydrogen) atoms. The van der Waals surface area contributed by atoms with Crippen molar-refractivity contribution in [2.24, 2.45) is 0 Å². The van der Waals surface area contributed by atoms with Crippen molar-refractivity contribution in [1.82, 2.24) is 4.98 Å². The number of hydrogen-bond acceptors (Lipinski definition) is 2. The third-order valence-corrected chi connectivity index (χ3v) is 3.38. The highest BCUT2D eigenvalue weighted by Gasteiger charge is 2.14. The molecule has 0 radical (unpaired) electrons. The van der Waals surface area contributed by atoms with Crippen LogP contribution in [0.25, 0.3) is 10.9 Å². The molecule has 0 saturated heterocycles. The van der Waals surface area contributed by atoms with E-state index in [1.807, 2.05) is 13.8 Å². The summed E-state index contributed by atoms with van der Waals surface area (Å²) in [5.74, 6) is -0.321. The SMILES string of the molecule is CCc1c(C)nc2c(Br)ccc(F)c2c1N. The van der Waals surface area contributed by atoms with E-state index < -0.39 is 0 Å². The first kappa shape index (κ1) is 11.3. The Morgan fingerprint density at radius 3 is 2.75 bits per heavy atom. The first-order valence-corrected chi connectivity index (χ1v) is 5.88. The molecule has 1 aromatic heterocycles. The van der Waals surface area contributed by atoms with Crippen LogP contribution < -0.4 is 5.73 Å². The Morgan fingerprint density at radius 2 is 2.12 bits per heavy atom. The maximum atomic E-state index is 13.7. The van der Waals surface area contributed by atoms with Crippen LogP contribution in [-0.2, 0) is 6.42 Å². The first-order chi connectivity index (χ1) is 7.56. The zero-order valence-electron chi connectivity index (χ0n) is 9.14. The Kier molecular flexibility index (Phi) is 2.84. The number of rotatable bonds is 1. The van der Waals surface area contributed by atoms with Crippen molar-refractivity contribution in [3.8, 4) is 0 Å². The molecule has 0 aliphatic carbocycles. The van der Waals surface area contributed by atoms with Crippen LogP contribution >= 0.6 is 15.9 Å². The lowest BCUT2D eigenvalue weighted by molar-refractivity contribution is 0.639. The number of benzene rings is 1. The van der Waals surface area contributed by atoms with Crippen molar-refractivity contribution in [2.75, 3.05) is 5.73 Å². The molecule has 0 atom stereocenters. The number of anilines is 1. The van der Waals surface area contributed by atoms with E-state index in [9.17, 15) is 4.39 Å². The molecule has 0 bridgehead atoms. The average molecular weight is 283 g/mol. The fourth-order valence-corrected chi connectivity index (χ4v) is 2.35. The van der Waals surface area contributed by atoms with Crippen molar-refractivity contribution in [1.29, 1.82) is 0 Å². The van der Waals surface area contributed by atoms with Gasteiger partial charge in [-0.25, -0.2) is 4.39 Å². The number of aromatic nitrogens is 1. The second-order valence-corrected chi connectivity index (χ2v) is 4.55. The van der Waals surface area contributed by atoms with E-state index in [2.05, 4.69) is 20.9 Å². The van der Waals surface area contributed by atoms with Gasteiger partial charge in [-0.15, -0.1) is 0 Å². The Morgan fingerprint density at radius 1 is 1.44 bits per heavy atom. The van der Waals surface area contributed by atoms with Crippen LogP contribution in [0.15, 0.2) is 16.6 Å². The molecule has 2 nitrogen and oxygen atoms in total. The molecular weight excluding hydrogens is 271 g/mol. The second kappa shape index (κ2) is 4.01. The number of halogens is 2. The highest BCUT2D eigenvalue weighted by atomic mass is 79.9. The predicted octanol–water partition coefficient (Wildman–Crippen LogP) is 3.59. The smallest absolute Gasteiger partial charge is 0.134 e. The molecule has 0 amide bonds. The molecule has 0 spiro atoms. The molecule has 2 rings (SSSR count). The highest BCUT2D eigenvalue weighted by Crippen LogP contribution is 2.32. The highest BCUT2D eigenvalue weighted by molar-refractivity contribution is 9.10. The summed E-state index contributed by atoms with van der Waals surface area (Å²) in [5, 5.41) is 0.414. The van der Waals surface area contributed by atoms with Gasteiger partial charge in [0.15, 0.2) is 0 Å². The summed E-state index contributed by atoms with van der Waals surface area (Å²) in [6.45, 7) is 3.88. The van der Waals surface area contributed by atoms with Gasteiger partial charge in [0.25, 0.3) is 0 Å². The lowest BCUT2D eigenvalue weighted by Crippen LogP contribution is -2.02. The number of fused-ring (bicyclic) bond motifs is 1. The zero-order valence-corrected chi connectivity index (χ0v) is 10.7. The maximum Gasteiger partial charge on any atom is 0.134 e. The number of nitrogen functional groups attached to an aromatic ring is 1. The average Bonchev–Trinajstić information content (AvgIpc) is 2.24. The summed E-state index contributed by atoms with van der Waals surface area (Å²) >= 11 is 3.36. The molecule has 0 aliphatic heterocycles. The molecule has 1 aromatic carbocycles. The monoisotopic (exact) mass is 282 g/mol. The fourth-order valence-electron chi connectivity index (χ4n) is 1.93. The number of hydrogen-bond donors (Lipinski definition) is 1. The summed E-state index contributed by atoms with van der Waals surface area (Å²) in [7, 11) is 0. The van der Waals surface area contributed by atoms with Gasteiger partial charge in [0, 0.05) is 15.9 Å². The summed E-state index contributed by atoms with van der Waals surface area (Å²) in [5.41, 5.74) is 8.87. The molecular formula is C12H12BrFN2. The van der Waals surface area contributed by atoms with Crippen LogP contribution in [0.4, 0.5) is 10.1 Å². The molecule has 0 unspecified atom stereocenters. The summed E-state index contributed by atoms with van der Waals surface area (Å²) < 4.78 is 14.5. The van der Waals surface area contributed by atoms with Gasteiger partial charge < -0.3 is 5.73 Å². The van der Waals surface area contributed by atoms with Gasteiger partial charge in [-0.3, -0.25) is 4.98 Å². The lowest BCUT2D eigenvalue weighted by atomic mass is 10.0. The number of nitrogens with zero attached hydrogens (tertiary/aromatic N) is 1. The molecule has 4 heteroatoms. The molecule has 0 fully saturated rings. The van der Waals surface area contributed by atoms with Gasteiger partial charge in [-0.1, -0.05) is 6.92 Å². The van der Waals surface area contributed by atoms with E-state index in [0.717, 1.165) is 22.2 Å². The van der Waals surface area contributed by atoms with Gasteiger partial charge in [0.1, 0.15) is 5.82 Å². The van der Waals surface area contributed by atoms with Crippen molar-refractivity contribution >= 4 is 32.5 Å². The van der Waals surface area contributed by atoms with E-state index in [1.165, 1.54) is 6.07 Å². The number of pyridine rings is 1. The Hall–Kier alpha value is -1.16. The van der Waals surface area contributed by atoms with Crippen LogP contribution in [0.3, 0.4) is 0 Å². The van der Waals surface area contributed by atoms with E-state index in [1.54, 1.807) is 6.07 Å². The van der Waals surface area contributed by atoms with Gasteiger partial charge in [-0.05, 0) is 47.0 Å². The van der Waals surface area contributed by atoms with E-state index >= 15 is 0 Å². The third-order valence-electron chi connectivity index (χ3n) is 2.74. The normalized spacial score (nSPS) is 11.0. The quantitative estimate of drug-likeness (QED) is 0.868.